The summed E-state index contributed by atoms with van der Waals surface area (Å²) in [5.41, 5.74) is 6.74. The van der Waals surface area contributed by atoms with Crippen molar-refractivity contribution in [1.29, 1.82) is 0 Å². The monoisotopic (exact) mass is 320 g/mol. The average Bonchev–Trinajstić information content (AvgIpc) is 2.48. The molecule has 9 nitrogen and oxygen atoms in total. The van der Waals surface area contributed by atoms with Gasteiger partial charge in [0.05, 0.1) is 5.56 Å². The van der Waals surface area contributed by atoms with E-state index in [0.29, 0.717) is 5.56 Å². The lowest BCUT2D eigenvalue weighted by Crippen LogP contribution is -2.52. The maximum atomic E-state index is 12.2. The van der Waals surface area contributed by atoms with Crippen LogP contribution < -0.4 is 21.7 Å². The van der Waals surface area contributed by atoms with Crippen molar-refractivity contribution in [2.45, 2.75) is 25.4 Å². The molecule has 0 spiro atoms. The second-order valence-corrected chi connectivity index (χ2v) is 5.06. The number of imide groups is 1. The molecule has 0 radical (unpaired) electrons. The van der Waals surface area contributed by atoms with Crippen LogP contribution in [0.5, 0.6) is 0 Å². The van der Waals surface area contributed by atoms with Gasteiger partial charge in [-0.3, -0.25) is 19.7 Å². The molecule has 6 N–H and O–H groups in total. The molecule has 1 aromatic carbocycles. The van der Waals surface area contributed by atoms with Crippen LogP contribution in [0.2, 0.25) is 0 Å². The van der Waals surface area contributed by atoms with Crippen LogP contribution in [-0.4, -0.2) is 35.0 Å². The van der Waals surface area contributed by atoms with E-state index in [0.717, 1.165) is 0 Å². The Bertz CT molecular complexity index is 673. The number of nitrogens with one attached hydrogen (secondary N) is 3. The van der Waals surface area contributed by atoms with Crippen molar-refractivity contribution in [2.24, 2.45) is 0 Å². The summed E-state index contributed by atoms with van der Waals surface area (Å²) in [7, 11) is 0. The van der Waals surface area contributed by atoms with Crippen molar-refractivity contribution in [3.05, 3.63) is 29.3 Å². The summed E-state index contributed by atoms with van der Waals surface area (Å²) in [6.07, 6.45) is -0.772. The van der Waals surface area contributed by atoms with E-state index in [1.165, 1.54) is 12.1 Å². The highest BCUT2D eigenvalue weighted by molar-refractivity contribution is 6.05. The fourth-order valence-corrected chi connectivity index (χ4v) is 2.17. The predicted molar refractivity (Wildman–Crippen MR) is 79.4 cm³/mol. The number of carboxylic acid groups (broad SMARTS) is 1. The van der Waals surface area contributed by atoms with Crippen molar-refractivity contribution in [2.75, 3.05) is 5.73 Å². The van der Waals surface area contributed by atoms with Gasteiger partial charge in [0.2, 0.25) is 11.8 Å². The Morgan fingerprint density at radius 2 is 2.09 bits per heavy atom. The summed E-state index contributed by atoms with van der Waals surface area (Å²) in [6, 6.07) is 3.71. The third-order valence-electron chi connectivity index (χ3n) is 3.35. The van der Waals surface area contributed by atoms with Crippen molar-refractivity contribution in [3.8, 4) is 0 Å². The van der Waals surface area contributed by atoms with E-state index in [2.05, 4.69) is 16.0 Å². The fourth-order valence-electron chi connectivity index (χ4n) is 2.17. The first-order valence-electron chi connectivity index (χ1n) is 6.86. The molecule has 0 saturated carbocycles. The molecular weight excluding hydrogens is 304 g/mol. The van der Waals surface area contributed by atoms with Gasteiger partial charge in [0.25, 0.3) is 5.91 Å². The van der Waals surface area contributed by atoms with E-state index < -0.39 is 23.9 Å². The number of anilines is 1. The topological polar surface area (TPSA) is 151 Å². The number of carbonyl (C=O) groups excluding carboxylic acids is 3. The van der Waals surface area contributed by atoms with Gasteiger partial charge >= 0.3 is 6.09 Å². The Hall–Kier alpha value is -3.10. The molecule has 1 saturated heterocycles. The number of benzene rings is 1. The molecule has 2 rings (SSSR count). The first-order valence-corrected chi connectivity index (χ1v) is 6.86. The number of amides is 4. The first-order chi connectivity index (χ1) is 10.9. The Balaban J connectivity index is 2.03. The van der Waals surface area contributed by atoms with Gasteiger partial charge in [-0.2, -0.15) is 0 Å². The first kappa shape index (κ1) is 16.3. The normalized spacial score (nSPS) is 17.3. The molecule has 122 valence electrons. The van der Waals surface area contributed by atoms with Gasteiger partial charge in [0.15, 0.2) is 0 Å². The van der Waals surface area contributed by atoms with Crippen molar-refractivity contribution < 1.29 is 24.3 Å². The molecule has 1 aromatic rings. The minimum atomic E-state index is -1.16. The second-order valence-electron chi connectivity index (χ2n) is 5.06. The zero-order valence-electron chi connectivity index (χ0n) is 12.1. The summed E-state index contributed by atoms with van der Waals surface area (Å²) >= 11 is 0. The molecule has 1 aliphatic heterocycles. The summed E-state index contributed by atoms with van der Waals surface area (Å²) in [5, 5.41) is 15.4. The summed E-state index contributed by atoms with van der Waals surface area (Å²) in [6.45, 7) is 0.0641. The molecule has 4 amide bonds. The van der Waals surface area contributed by atoms with Crippen molar-refractivity contribution in [3.63, 3.8) is 0 Å². The fraction of sp³-hybridized carbons (Fsp3) is 0.286. The van der Waals surface area contributed by atoms with E-state index in [-0.39, 0.29) is 36.5 Å². The van der Waals surface area contributed by atoms with E-state index in [9.17, 15) is 19.2 Å². The van der Waals surface area contributed by atoms with Crippen LogP contribution in [0.1, 0.15) is 28.8 Å². The number of hydrogen-bond acceptors (Lipinski definition) is 5. The summed E-state index contributed by atoms with van der Waals surface area (Å²) in [4.78, 5) is 45.3. The van der Waals surface area contributed by atoms with Crippen LogP contribution in [0.4, 0.5) is 10.5 Å². The Morgan fingerprint density at radius 1 is 1.35 bits per heavy atom. The summed E-state index contributed by atoms with van der Waals surface area (Å²) < 4.78 is 0. The molecule has 9 heteroatoms. The van der Waals surface area contributed by atoms with E-state index in [1.807, 2.05) is 0 Å². The van der Waals surface area contributed by atoms with Crippen LogP contribution in [-0.2, 0) is 16.1 Å². The number of carbonyl (C=O) groups is 4. The van der Waals surface area contributed by atoms with Crippen molar-refractivity contribution >= 4 is 29.5 Å². The van der Waals surface area contributed by atoms with E-state index in [4.69, 9.17) is 10.8 Å². The Kier molecular flexibility index (Phi) is 4.79. The van der Waals surface area contributed by atoms with Gasteiger partial charge in [0, 0.05) is 18.7 Å². The molecular formula is C14H16N4O5. The molecule has 0 aliphatic carbocycles. The SMILES string of the molecule is Nc1cc(CNC(=O)O)ccc1C(=O)NC1CCC(=O)NC1=O. The highest BCUT2D eigenvalue weighted by Gasteiger charge is 2.28. The molecule has 1 heterocycles. The smallest absolute Gasteiger partial charge is 0.404 e. The lowest BCUT2D eigenvalue weighted by atomic mass is 10.0. The number of nitrogens with two attached hydrogens (primary N) is 1. The molecule has 0 bridgehead atoms. The van der Waals surface area contributed by atoms with Gasteiger partial charge in [-0.05, 0) is 24.1 Å². The van der Waals surface area contributed by atoms with Gasteiger partial charge in [0.1, 0.15) is 6.04 Å². The quantitative estimate of drug-likeness (QED) is 0.375. The number of piperidine rings is 1. The summed E-state index contributed by atoms with van der Waals surface area (Å²) in [5.74, 6) is -1.44. The minimum absolute atomic E-state index is 0.0641. The largest absolute Gasteiger partial charge is 0.465 e. The van der Waals surface area contributed by atoms with Crippen molar-refractivity contribution in [1.82, 2.24) is 16.0 Å². The number of nitrogen functional groups attached to an aromatic ring is 1. The van der Waals surface area contributed by atoms with Crippen LogP contribution >= 0.6 is 0 Å². The number of rotatable bonds is 4. The molecule has 1 unspecified atom stereocenters. The van der Waals surface area contributed by atoms with Gasteiger partial charge < -0.3 is 21.5 Å². The van der Waals surface area contributed by atoms with Crippen LogP contribution in [0.15, 0.2) is 18.2 Å². The molecule has 0 aromatic heterocycles. The maximum absolute atomic E-state index is 12.2. The standard InChI is InChI=1S/C14H16N4O5/c15-9-5-7(6-16-14(22)23)1-2-8(9)12(20)17-10-3-4-11(19)18-13(10)21/h1-2,5,10,16H,3-4,6,15H2,(H,17,20)(H,22,23)(H,18,19,21). The molecule has 23 heavy (non-hydrogen) atoms. The number of hydrogen-bond donors (Lipinski definition) is 5. The minimum Gasteiger partial charge on any atom is -0.465 e. The molecule has 1 atom stereocenters. The van der Waals surface area contributed by atoms with Crippen LogP contribution in [0.25, 0.3) is 0 Å². The second kappa shape index (κ2) is 6.77. The maximum Gasteiger partial charge on any atom is 0.404 e. The third-order valence-corrected chi connectivity index (χ3v) is 3.35. The highest BCUT2D eigenvalue weighted by atomic mass is 16.4. The van der Waals surface area contributed by atoms with Gasteiger partial charge in [-0.1, -0.05) is 6.07 Å². The van der Waals surface area contributed by atoms with E-state index in [1.54, 1.807) is 6.07 Å². The average molecular weight is 320 g/mol. The zero-order valence-corrected chi connectivity index (χ0v) is 12.1. The van der Waals surface area contributed by atoms with Crippen LogP contribution in [0, 0.1) is 0 Å². The molecule has 1 fully saturated rings. The van der Waals surface area contributed by atoms with Crippen LogP contribution in [0.3, 0.4) is 0 Å². The van der Waals surface area contributed by atoms with Gasteiger partial charge in [-0.25, -0.2) is 4.79 Å². The lowest BCUT2D eigenvalue weighted by molar-refractivity contribution is -0.134. The zero-order chi connectivity index (χ0) is 17.0. The molecule has 1 aliphatic rings. The van der Waals surface area contributed by atoms with E-state index >= 15 is 0 Å². The highest BCUT2D eigenvalue weighted by Crippen LogP contribution is 2.15. The van der Waals surface area contributed by atoms with Gasteiger partial charge in [-0.15, -0.1) is 0 Å². The third kappa shape index (κ3) is 4.19. The lowest BCUT2D eigenvalue weighted by Gasteiger charge is -2.22. The Labute approximate surface area is 131 Å². The predicted octanol–water partition coefficient (Wildman–Crippen LogP) is -0.429. The Morgan fingerprint density at radius 3 is 2.70 bits per heavy atom.